The van der Waals surface area contributed by atoms with Gasteiger partial charge in [0.1, 0.15) is 5.76 Å². The molecule has 3 aromatic rings. The van der Waals surface area contributed by atoms with Crippen molar-refractivity contribution in [3.63, 3.8) is 0 Å². The second-order valence-corrected chi connectivity index (χ2v) is 7.85. The highest BCUT2D eigenvalue weighted by molar-refractivity contribution is 6.51. The van der Waals surface area contributed by atoms with E-state index in [4.69, 9.17) is 0 Å². The minimum absolute atomic E-state index is 0.0707. The lowest BCUT2D eigenvalue weighted by Gasteiger charge is -2.25. The van der Waals surface area contributed by atoms with Crippen LogP contribution in [0.3, 0.4) is 0 Å². The van der Waals surface area contributed by atoms with Gasteiger partial charge in [0.2, 0.25) is 0 Å². The monoisotopic (exact) mass is 412 g/mol. The second kappa shape index (κ2) is 8.19. The number of hydrogen-bond acceptors (Lipinski definition) is 4. The van der Waals surface area contributed by atoms with Gasteiger partial charge in [-0.15, -0.1) is 0 Å². The third-order valence-electron chi connectivity index (χ3n) is 5.56. The number of anilines is 1. The summed E-state index contributed by atoms with van der Waals surface area (Å²) in [6, 6.07) is 15.9. The number of aromatic nitrogens is 1. The molecule has 1 fully saturated rings. The molecule has 1 aliphatic rings. The number of hydrogen-bond donors (Lipinski definition) is 1. The lowest BCUT2D eigenvalue weighted by molar-refractivity contribution is -0.132. The van der Waals surface area contributed by atoms with E-state index in [1.165, 1.54) is 4.90 Å². The number of aliphatic hydroxyl groups is 1. The summed E-state index contributed by atoms with van der Waals surface area (Å²) in [7, 11) is 0. The molecule has 0 saturated carbocycles. The summed E-state index contributed by atoms with van der Waals surface area (Å²) in [4.78, 5) is 32.0. The standard InChI is InChI=1S/C26H24N2O3/c1-4-18-7-9-19(10-8-18)24(29)22-23(20-6-5-11-27-15-20)28(26(31)25(22)30)21-13-16(2)12-17(3)14-21/h5-15,23,29H,4H2,1-3H3/b24-22+. The molecule has 156 valence electrons. The number of aliphatic hydroxyl groups excluding tert-OH is 1. The summed E-state index contributed by atoms with van der Waals surface area (Å²) < 4.78 is 0. The molecule has 2 aromatic carbocycles. The third-order valence-corrected chi connectivity index (χ3v) is 5.56. The normalized spacial score (nSPS) is 17.9. The Morgan fingerprint density at radius 3 is 2.29 bits per heavy atom. The number of ketones is 1. The van der Waals surface area contributed by atoms with Crippen molar-refractivity contribution in [2.24, 2.45) is 0 Å². The minimum Gasteiger partial charge on any atom is -0.507 e. The van der Waals surface area contributed by atoms with E-state index in [0.29, 0.717) is 16.8 Å². The molecule has 5 nitrogen and oxygen atoms in total. The first-order valence-corrected chi connectivity index (χ1v) is 10.3. The molecule has 1 N–H and O–H groups in total. The molecule has 0 spiro atoms. The van der Waals surface area contributed by atoms with E-state index in [0.717, 1.165) is 23.1 Å². The number of pyridine rings is 1. The summed E-state index contributed by atoms with van der Waals surface area (Å²) in [5.74, 6) is -1.54. The predicted octanol–water partition coefficient (Wildman–Crippen LogP) is 4.89. The molecule has 1 unspecified atom stereocenters. The van der Waals surface area contributed by atoms with Crippen LogP contribution >= 0.6 is 0 Å². The number of Topliss-reactive ketones (excluding diaryl/α,β-unsaturated/α-hetero) is 1. The maximum Gasteiger partial charge on any atom is 0.300 e. The number of carbonyl (C=O) groups excluding carboxylic acids is 2. The zero-order valence-electron chi connectivity index (χ0n) is 17.8. The highest BCUT2D eigenvalue weighted by Gasteiger charge is 2.47. The van der Waals surface area contributed by atoms with Gasteiger partial charge in [0.05, 0.1) is 11.6 Å². The topological polar surface area (TPSA) is 70.5 Å². The predicted molar refractivity (Wildman–Crippen MR) is 121 cm³/mol. The fraction of sp³-hybridized carbons (Fsp3) is 0.192. The summed E-state index contributed by atoms with van der Waals surface area (Å²) in [5, 5.41) is 11.1. The largest absolute Gasteiger partial charge is 0.507 e. The van der Waals surface area contributed by atoms with E-state index in [1.807, 2.05) is 57.2 Å². The van der Waals surface area contributed by atoms with Crippen molar-refractivity contribution in [2.45, 2.75) is 33.2 Å². The first-order chi connectivity index (χ1) is 14.9. The number of carbonyl (C=O) groups is 2. The van der Waals surface area contributed by atoms with Crippen molar-refractivity contribution >= 4 is 23.1 Å². The van der Waals surface area contributed by atoms with Gasteiger partial charge < -0.3 is 5.11 Å². The Hall–Kier alpha value is -3.73. The van der Waals surface area contributed by atoms with Gasteiger partial charge >= 0.3 is 0 Å². The van der Waals surface area contributed by atoms with Crippen LogP contribution in [0, 0.1) is 13.8 Å². The van der Waals surface area contributed by atoms with Crippen molar-refractivity contribution in [3.8, 4) is 0 Å². The molecular weight excluding hydrogens is 388 g/mol. The lowest BCUT2D eigenvalue weighted by atomic mass is 9.95. The van der Waals surface area contributed by atoms with Crippen LogP contribution in [-0.4, -0.2) is 21.8 Å². The summed E-state index contributed by atoms with van der Waals surface area (Å²) in [6.45, 7) is 5.94. The van der Waals surface area contributed by atoms with E-state index in [1.54, 1.807) is 30.6 Å². The van der Waals surface area contributed by atoms with Crippen LogP contribution in [0.2, 0.25) is 0 Å². The van der Waals surface area contributed by atoms with Crippen molar-refractivity contribution in [3.05, 3.63) is 100 Å². The van der Waals surface area contributed by atoms with Gasteiger partial charge in [-0.25, -0.2) is 0 Å². The van der Waals surface area contributed by atoms with Gasteiger partial charge in [0.25, 0.3) is 11.7 Å². The highest BCUT2D eigenvalue weighted by Crippen LogP contribution is 2.42. The Morgan fingerprint density at radius 1 is 1.03 bits per heavy atom. The SMILES string of the molecule is CCc1ccc(/C(O)=C2\C(=O)C(=O)N(c3cc(C)cc(C)c3)C2c2cccnc2)cc1. The number of aryl methyl sites for hydroxylation is 3. The fourth-order valence-corrected chi connectivity index (χ4v) is 4.10. The maximum absolute atomic E-state index is 13.2. The van der Waals surface area contributed by atoms with Crippen molar-refractivity contribution in [1.82, 2.24) is 4.98 Å². The van der Waals surface area contributed by atoms with Gasteiger partial charge in [-0.3, -0.25) is 19.5 Å². The van der Waals surface area contributed by atoms with Gasteiger partial charge in [0.15, 0.2) is 0 Å². The molecule has 5 heteroatoms. The molecule has 0 radical (unpaired) electrons. The van der Waals surface area contributed by atoms with E-state index in [2.05, 4.69) is 4.98 Å². The van der Waals surface area contributed by atoms with Gasteiger partial charge in [-0.05, 0) is 60.7 Å². The van der Waals surface area contributed by atoms with Gasteiger partial charge in [0, 0.05) is 23.6 Å². The number of benzene rings is 2. The van der Waals surface area contributed by atoms with Crippen molar-refractivity contribution < 1.29 is 14.7 Å². The van der Waals surface area contributed by atoms with E-state index in [9.17, 15) is 14.7 Å². The van der Waals surface area contributed by atoms with Crippen LogP contribution in [0.25, 0.3) is 5.76 Å². The average molecular weight is 412 g/mol. The van der Waals surface area contributed by atoms with Crippen molar-refractivity contribution in [2.75, 3.05) is 4.90 Å². The fourth-order valence-electron chi connectivity index (χ4n) is 4.10. The van der Waals surface area contributed by atoms with Crippen LogP contribution in [0.4, 0.5) is 5.69 Å². The van der Waals surface area contributed by atoms with Crippen LogP contribution < -0.4 is 4.90 Å². The quantitative estimate of drug-likeness (QED) is 0.376. The zero-order chi connectivity index (χ0) is 22.1. The van der Waals surface area contributed by atoms with Crippen LogP contribution in [-0.2, 0) is 16.0 Å². The number of rotatable bonds is 4. The van der Waals surface area contributed by atoms with Crippen LogP contribution in [0.1, 0.15) is 40.8 Å². The van der Waals surface area contributed by atoms with Gasteiger partial charge in [-0.1, -0.05) is 43.3 Å². The third kappa shape index (κ3) is 3.75. The number of amides is 1. The molecule has 2 heterocycles. The zero-order valence-corrected chi connectivity index (χ0v) is 17.8. The molecule has 1 atom stereocenters. The minimum atomic E-state index is -0.763. The first-order valence-electron chi connectivity index (χ1n) is 10.3. The Labute approximate surface area is 181 Å². The van der Waals surface area contributed by atoms with E-state index in [-0.39, 0.29) is 11.3 Å². The number of nitrogens with zero attached hydrogens (tertiary/aromatic N) is 2. The molecule has 31 heavy (non-hydrogen) atoms. The van der Waals surface area contributed by atoms with E-state index >= 15 is 0 Å². The van der Waals surface area contributed by atoms with Crippen molar-refractivity contribution in [1.29, 1.82) is 0 Å². The molecule has 1 amide bonds. The second-order valence-electron chi connectivity index (χ2n) is 7.85. The Balaban J connectivity index is 1.93. The molecule has 1 saturated heterocycles. The average Bonchev–Trinajstić information content (AvgIpc) is 3.04. The Kier molecular flexibility index (Phi) is 5.42. The van der Waals surface area contributed by atoms with E-state index < -0.39 is 17.7 Å². The van der Waals surface area contributed by atoms with Crippen LogP contribution in [0.5, 0.6) is 0 Å². The molecular formula is C26H24N2O3. The molecule has 0 aliphatic carbocycles. The molecule has 1 aliphatic heterocycles. The first kappa shape index (κ1) is 20.5. The molecule has 1 aromatic heterocycles. The lowest BCUT2D eigenvalue weighted by Crippen LogP contribution is -2.29. The Morgan fingerprint density at radius 2 is 1.71 bits per heavy atom. The maximum atomic E-state index is 13.2. The Bertz CT molecular complexity index is 1160. The summed E-state index contributed by atoms with van der Waals surface area (Å²) >= 11 is 0. The summed E-state index contributed by atoms with van der Waals surface area (Å²) in [6.07, 6.45) is 4.13. The van der Waals surface area contributed by atoms with Gasteiger partial charge in [-0.2, -0.15) is 0 Å². The smallest absolute Gasteiger partial charge is 0.300 e. The van der Waals surface area contributed by atoms with Crippen LogP contribution in [0.15, 0.2) is 72.6 Å². The summed E-state index contributed by atoms with van der Waals surface area (Å²) in [5.41, 5.74) is 4.94. The molecule has 4 rings (SSSR count). The molecule has 0 bridgehead atoms. The highest BCUT2D eigenvalue weighted by atomic mass is 16.3.